The van der Waals surface area contributed by atoms with Crippen molar-refractivity contribution < 1.29 is 23.8 Å². The Bertz CT molecular complexity index is 1050. The van der Waals surface area contributed by atoms with Gasteiger partial charge in [-0.25, -0.2) is 0 Å². The molecule has 10 heteroatoms. The summed E-state index contributed by atoms with van der Waals surface area (Å²) >= 11 is 0. The second-order valence-corrected chi connectivity index (χ2v) is 11.6. The van der Waals surface area contributed by atoms with Gasteiger partial charge in [0.15, 0.2) is 0 Å². The van der Waals surface area contributed by atoms with E-state index < -0.39 is 0 Å². The molecular formula is C31H47N5O5. The molecule has 4 aliphatic rings. The standard InChI is InChI=1S/C31H47N5O5/c1-39-23-28-5-2-10-36(28)27-6-7-29-26(18-27)20-32-21-31(38)35-11-8-24(25(22-35)4-3-15-41-29)19-30(37)33-9-12-34-13-16-40-17-14-34/h3-4,6-7,18,24-25,28,32H,2,5,8-17,19-23H2,1H3,(H,33,37)/b4-3+/t24-,25-,28-/m0/s1. The van der Waals surface area contributed by atoms with Gasteiger partial charge < -0.3 is 34.6 Å². The lowest BCUT2D eigenvalue weighted by Crippen LogP contribution is -2.47. The first-order chi connectivity index (χ1) is 20.1. The van der Waals surface area contributed by atoms with Crippen molar-refractivity contribution in [3.8, 4) is 5.75 Å². The number of carbonyl (C=O) groups is 2. The summed E-state index contributed by atoms with van der Waals surface area (Å²) in [6.45, 7) is 9.23. The highest BCUT2D eigenvalue weighted by molar-refractivity contribution is 5.79. The van der Waals surface area contributed by atoms with E-state index in [2.05, 4.69) is 50.8 Å². The van der Waals surface area contributed by atoms with Gasteiger partial charge in [0.2, 0.25) is 11.8 Å². The maximum absolute atomic E-state index is 13.1. The number of morpholine rings is 1. The minimum absolute atomic E-state index is 0.0905. The number of nitrogens with zero attached hydrogens (tertiary/aromatic N) is 3. The summed E-state index contributed by atoms with van der Waals surface area (Å²) in [7, 11) is 1.76. The molecule has 3 atom stereocenters. The lowest BCUT2D eigenvalue weighted by atomic mass is 9.82. The minimum Gasteiger partial charge on any atom is -0.489 e. The zero-order valence-electron chi connectivity index (χ0n) is 24.5. The van der Waals surface area contributed by atoms with Gasteiger partial charge in [-0.15, -0.1) is 0 Å². The summed E-state index contributed by atoms with van der Waals surface area (Å²) in [5.41, 5.74) is 2.22. The average Bonchev–Trinajstić information content (AvgIpc) is 3.45. The Hall–Kier alpha value is -2.66. The van der Waals surface area contributed by atoms with Gasteiger partial charge in [0.1, 0.15) is 12.4 Å². The normalized spacial score (nSPS) is 26.8. The molecule has 0 spiro atoms. The number of methoxy groups -OCH3 is 1. The smallest absolute Gasteiger partial charge is 0.236 e. The Morgan fingerprint density at radius 3 is 2.88 bits per heavy atom. The van der Waals surface area contributed by atoms with E-state index in [9.17, 15) is 9.59 Å². The molecule has 1 aromatic carbocycles. The quantitative estimate of drug-likeness (QED) is 0.457. The van der Waals surface area contributed by atoms with Gasteiger partial charge in [-0.3, -0.25) is 14.5 Å². The summed E-state index contributed by atoms with van der Waals surface area (Å²) in [4.78, 5) is 32.6. The zero-order valence-corrected chi connectivity index (χ0v) is 24.5. The number of fused-ring (bicyclic) bond motifs is 3. The van der Waals surface area contributed by atoms with Crippen LogP contribution in [0, 0.1) is 11.8 Å². The number of anilines is 1. The molecule has 0 aliphatic carbocycles. The van der Waals surface area contributed by atoms with Gasteiger partial charge in [-0.05, 0) is 49.3 Å². The molecule has 0 saturated carbocycles. The highest BCUT2D eigenvalue weighted by Gasteiger charge is 2.31. The number of hydrogen-bond acceptors (Lipinski definition) is 8. The van der Waals surface area contributed by atoms with E-state index >= 15 is 0 Å². The highest BCUT2D eigenvalue weighted by atomic mass is 16.5. The number of piperidine rings is 1. The zero-order chi connectivity index (χ0) is 28.4. The molecule has 3 saturated heterocycles. The van der Waals surface area contributed by atoms with E-state index in [0.29, 0.717) is 45.2 Å². The van der Waals surface area contributed by atoms with E-state index in [1.54, 1.807) is 7.11 Å². The number of nitrogens with one attached hydrogen (secondary N) is 2. The molecular weight excluding hydrogens is 522 g/mol. The number of ether oxygens (including phenoxy) is 3. The molecule has 0 radical (unpaired) electrons. The van der Waals surface area contributed by atoms with Gasteiger partial charge in [0.25, 0.3) is 0 Å². The first-order valence-electron chi connectivity index (χ1n) is 15.3. The van der Waals surface area contributed by atoms with Crippen LogP contribution in [0.3, 0.4) is 0 Å². The van der Waals surface area contributed by atoms with Crippen LogP contribution in [0.5, 0.6) is 5.75 Å². The second-order valence-electron chi connectivity index (χ2n) is 11.6. The van der Waals surface area contributed by atoms with Gasteiger partial charge in [0, 0.05) is 77.1 Å². The van der Waals surface area contributed by atoms with Crippen molar-refractivity contribution in [1.82, 2.24) is 20.4 Å². The summed E-state index contributed by atoms with van der Waals surface area (Å²) in [6, 6.07) is 6.76. The fourth-order valence-electron chi connectivity index (χ4n) is 6.57. The molecule has 10 nitrogen and oxygen atoms in total. The molecule has 3 fully saturated rings. The Balaban J connectivity index is 1.20. The highest BCUT2D eigenvalue weighted by Crippen LogP contribution is 2.31. The van der Waals surface area contributed by atoms with Gasteiger partial charge in [-0.2, -0.15) is 0 Å². The van der Waals surface area contributed by atoms with Crippen molar-refractivity contribution in [2.45, 2.75) is 38.3 Å². The van der Waals surface area contributed by atoms with E-state index in [-0.39, 0.29) is 30.2 Å². The molecule has 0 aromatic heterocycles. The number of amides is 2. The minimum atomic E-state index is 0.0905. The summed E-state index contributed by atoms with van der Waals surface area (Å²) in [5.74, 6) is 1.35. The van der Waals surface area contributed by atoms with Crippen LogP contribution in [0.1, 0.15) is 31.2 Å². The maximum atomic E-state index is 13.1. The summed E-state index contributed by atoms with van der Waals surface area (Å²) in [5, 5.41) is 6.48. The fraction of sp³-hybridized carbons (Fsp3) is 0.677. The molecule has 0 unspecified atom stereocenters. The fourth-order valence-corrected chi connectivity index (χ4v) is 6.57. The monoisotopic (exact) mass is 569 g/mol. The summed E-state index contributed by atoms with van der Waals surface area (Å²) in [6.07, 6.45) is 7.80. The Morgan fingerprint density at radius 2 is 2.02 bits per heavy atom. The number of benzene rings is 1. The first-order valence-corrected chi connectivity index (χ1v) is 15.3. The van der Waals surface area contributed by atoms with Gasteiger partial charge >= 0.3 is 0 Å². The third kappa shape index (κ3) is 8.22. The molecule has 2 amide bonds. The lowest BCUT2D eigenvalue weighted by molar-refractivity contribution is -0.132. The van der Waals surface area contributed by atoms with Crippen LogP contribution in [0.25, 0.3) is 0 Å². The number of rotatable bonds is 8. The first kappa shape index (κ1) is 29.8. The SMILES string of the molecule is COC[C@@H]1CCCN1c1ccc2c(c1)CNCC(=O)N1CC[C@@H](CC(=O)NCCN3CCOCC3)[C@@H](/C=C/CO2)C1. The predicted molar refractivity (Wildman–Crippen MR) is 158 cm³/mol. The molecule has 5 rings (SSSR count). The van der Waals surface area contributed by atoms with Gasteiger partial charge in [-0.1, -0.05) is 12.2 Å². The molecule has 2 bridgehead atoms. The third-order valence-electron chi connectivity index (χ3n) is 8.88. The maximum Gasteiger partial charge on any atom is 0.236 e. The molecule has 1 aromatic rings. The van der Waals surface area contributed by atoms with E-state index in [0.717, 1.165) is 76.6 Å². The predicted octanol–water partition coefficient (Wildman–Crippen LogP) is 1.64. The van der Waals surface area contributed by atoms with Crippen LogP contribution in [-0.2, 0) is 25.6 Å². The number of hydrogen-bond donors (Lipinski definition) is 2. The summed E-state index contributed by atoms with van der Waals surface area (Å²) < 4.78 is 17.1. The Labute approximate surface area is 244 Å². The largest absolute Gasteiger partial charge is 0.489 e. The van der Waals surface area contributed by atoms with E-state index in [1.807, 2.05) is 4.90 Å². The lowest BCUT2D eigenvalue weighted by Gasteiger charge is -2.37. The van der Waals surface area contributed by atoms with Gasteiger partial charge in [0.05, 0.1) is 32.4 Å². The Morgan fingerprint density at radius 1 is 1.15 bits per heavy atom. The van der Waals surface area contributed by atoms with Crippen LogP contribution in [0.15, 0.2) is 30.4 Å². The average molecular weight is 570 g/mol. The molecule has 4 heterocycles. The van der Waals surface area contributed by atoms with Crippen molar-refractivity contribution in [2.75, 3.05) is 90.8 Å². The van der Waals surface area contributed by atoms with Crippen LogP contribution in [0.4, 0.5) is 5.69 Å². The molecule has 2 N–H and O–H groups in total. The van der Waals surface area contributed by atoms with Crippen molar-refractivity contribution in [3.63, 3.8) is 0 Å². The molecule has 41 heavy (non-hydrogen) atoms. The van der Waals surface area contributed by atoms with Crippen molar-refractivity contribution in [2.24, 2.45) is 11.8 Å². The topological polar surface area (TPSA) is 95.6 Å². The molecule has 4 aliphatic heterocycles. The van der Waals surface area contributed by atoms with E-state index in [4.69, 9.17) is 14.2 Å². The second kappa shape index (κ2) is 15.0. The van der Waals surface area contributed by atoms with Crippen molar-refractivity contribution >= 4 is 17.5 Å². The number of carbonyl (C=O) groups excluding carboxylic acids is 2. The third-order valence-corrected chi connectivity index (χ3v) is 8.88. The van der Waals surface area contributed by atoms with Crippen LogP contribution in [-0.4, -0.2) is 114 Å². The molecule has 226 valence electrons. The van der Waals surface area contributed by atoms with Crippen molar-refractivity contribution in [3.05, 3.63) is 35.9 Å². The van der Waals surface area contributed by atoms with E-state index in [1.165, 1.54) is 5.69 Å². The van der Waals surface area contributed by atoms with Crippen LogP contribution >= 0.6 is 0 Å². The van der Waals surface area contributed by atoms with Crippen LogP contribution in [0.2, 0.25) is 0 Å². The van der Waals surface area contributed by atoms with Crippen LogP contribution < -0.4 is 20.3 Å². The Kier molecular flexibility index (Phi) is 10.9. The van der Waals surface area contributed by atoms with Crippen molar-refractivity contribution in [1.29, 1.82) is 0 Å².